The molecule has 1 aliphatic rings. The van der Waals surface area contributed by atoms with Gasteiger partial charge < -0.3 is 5.73 Å². The third-order valence-electron chi connectivity index (χ3n) is 3.25. The van der Waals surface area contributed by atoms with Crippen molar-refractivity contribution in [3.05, 3.63) is 34.9 Å². The van der Waals surface area contributed by atoms with Crippen LogP contribution in [0.2, 0.25) is 5.02 Å². The first-order valence-electron chi connectivity index (χ1n) is 4.68. The van der Waals surface area contributed by atoms with Crippen molar-refractivity contribution in [1.29, 1.82) is 0 Å². The van der Waals surface area contributed by atoms with Crippen LogP contribution in [-0.4, -0.2) is 0 Å². The first-order valence-corrected chi connectivity index (χ1v) is 5.06. The zero-order valence-corrected chi connectivity index (χ0v) is 8.51. The van der Waals surface area contributed by atoms with Crippen LogP contribution in [0.4, 0.5) is 0 Å². The van der Waals surface area contributed by atoms with Crippen molar-refractivity contribution in [2.45, 2.75) is 25.3 Å². The summed E-state index contributed by atoms with van der Waals surface area (Å²) in [6.07, 6.45) is 2.26. The lowest BCUT2D eigenvalue weighted by molar-refractivity contribution is 0.145. The average Bonchev–Trinajstić information content (AvgIpc) is 2.15. The minimum absolute atomic E-state index is 0.168. The molecule has 2 unspecified atom stereocenters. The quantitative estimate of drug-likeness (QED) is 0.733. The van der Waals surface area contributed by atoms with Crippen LogP contribution < -0.4 is 5.73 Å². The molecule has 0 aliphatic heterocycles. The zero-order valence-electron chi connectivity index (χ0n) is 7.76. The molecule has 1 nitrogen and oxygen atoms in total. The van der Waals surface area contributed by atoms with Gasteiger partial charge in [-0.2, -0.15) is 0 Å². The number of hydrogen-bond acceptors (Lipinski definition) is 1. The molecule has 70 valence electrons. The molecule has 0 saturated heterocycles. The lowest BCUT2D eigenvalue weighted by Gasteiger charge is -2.46. The minimum Gasteiger partial charge on any atom is -0.321 e. The molecule has 0 aromatic heterocycles. The fourth-order valence-corrected chi connectivity index (χ4v) is 2.29. The molecule has 1 saturated carbocycles. The average molecular weight is 196 g/mol. The Morgan fingerprint density at radius 2 is 2.15 bits per heavy atom. The van der Waals surface area contributed by atoms with Crippen LogP contribution in [0, 0.1) is 5.92 Å². The maximum Gasteiger partial charge on any atom is 0.0456 e. The van der Waals surface area contributed by atoms with Gasteiger partial charge in [-0.3, -0.25) is 0 Å². The second-order valence-electron chi connectivity index (χ2n) is 3.96. The highest BCUT2D eigenvalue weighted by Gasteiger charge is 2.42. The SMILES string of the molecule is CC1CCC1(N)c1ccccc1Cl. The van der Waals surface area contributed by atoms with Gasteiger partial charge in [-0.05, 0) is 30.4 Å². The van der Waals surface area contributed by atoms with Crippen molar-refractivity contribution in [2.75, 3.05) is 0 Å². The third kappa shape index (κ3) is 1.27. The molecule has 2 N–H and O–H groups in total. The summed E-state index contributed by atoms with van der Waals surface area (Å²) in [4.78, 5) is 0. The van der Waals surface area contributed by atoms with Gasteiger partial charge in [0, 0.05) is 10.6 Å². The van der Waals surface area contributed by atoms with Gasteiger partial charge in [-0.25, -0.2) is 0 Å². The van der Waals surface area contributed by atoms with E-state index in [2.05, 4.69) is 6.92 Å². The number of halogens is 1. The Morgan fingerprint density at radius 3 is 2.62 bits per heavy atom. The van der Waals surface area contributed by atoms with E-state index in [0.717, 1.165) is 17.0 Å². The van der Waals surface area contributed by atoms with E-state index in [4.69, 9.17) is 17.3 Å². The van der Waals surface area contributed by atoms with Crippen molar-refractivity contribution in [3.63, 3.8) is 0 Å². The number of hydrogen-bond donors (Lipinski definition) is 1. The van der Waals surface area contributed by atoms with Crippen LogP contribution in [0.25, 0.3) is 0 Å². The Balaban J connectivity index is 2.40. The number of nitrogens with two attached hydrogens (primary N) is 1. The van der Waals surface area contributed by atoms with Crippen LogP contribution in [0.15, 0.2) is 24.3 Å². The van der Waals surface area contributed by atoms with Crippen molar-refractivity contribution >= 4 is 11.6 Å². The smallest absolute Gasteiger partial charge is 0.0456 e. The van der Waals surface area contributed by atoms with Gasteiger partial charge in [0.05, 0.1) is 0 Å². The maximum absolute atomic E-state index is 6.28. The first kappa shape index (κ1) is 9.04. The summed E-state index contributed by atoms with van der Waals surface area (Å²) in [6, 6.07) is 7.90. The molecular weight excluding hydrogens is 182 g/mol. The van der Waals surface area contributed by atoms with Crippen molar-refractivity contribution in [2.24, 2.45) is 11.7 Å². The fourth-order valence-electron chi connectivity index (χ4n) is 1.98. The lowest BCUT2D eigenvalue weighted by Crippen LogP contribution is -2.50. The molecule has 0 bridgehead atoms. The van der Waals surface area contributed by atoms with E-state index in [1.165, 1.54) is 6.42 Å². The summed E-state index contributed by atoms with van der Waals surface area (Å²) in [6.45, 7) is 2.19. The van der Waals surface area contributed by atoms with E-state index >= 15 is 0 Å². The summed E-state index contributed by atoms with van der Waals surface area (Å²) in [5.41, 5.74) is 7.22. The van der Waals surface area contributed by atoms with Gasteiger partial charge in [0.2, 0.25) is 0 Å². The van der Waals surface area contributed by atoms with E-state index in [1.807, 2.05) is 24.3 Å². The van der Waals surface area contributed by atoms with Crippen molar-refractivity contribution in [3.8, 4) is 0 Å². The fraction of sp³-hybridized carbons (Fsp3) is 0.455. The molecule has 2 atom stereocenters. The largest absolute Gasteiger partial charge is 0.321 e. The second-order valence-corrected chi connectivity index (χ2v) is 4.37. The Bertz CT molecular complexity index is 324. The predicted octanol–water partition coefficient (Wildman–Crippen LogP) is 2.92. The molecule has 1 fully saturated rings. The molecule has 2 rings (SSSR count). The summed E-state index contributed by atoms with van der Waals surface area (Å²) >= 11 is 6.11. The van der Waals surface area contributed by atoms with Crippen LogP contribution >= 0.6 is 11.6 Å². The molecule has 13 heavy (non-hydrogen) atoms. The summed E-state index contributed by atoms with van der Waals surface area (Å²) in [5, 5.41) is 0.802. The molecule has 2 heteroatoms. The number of rotatable bonds is 1. The zero-order chi connectivity index (χ0) is 9.47. The van der Waals surface area contributed by atoms with Crippen molar-refractivity contribution in [1.82, 2.24) is 0 Å². The van der Waals surface area contributed by atoms with Gasteiger partial charge in [0.1, 0.15) is 0 Å². The highest BCUT2D eigenvalue weighted by Crippen LogP contribution is 2.46. The highest BCUT2D eigenvalue weighted by molar-refractivity contribution is 6.31. The van der Waals surface area contributed by atoms with Gasteiger partial charge in [-0.1, -0.05) is 36.7 Å². The summed E-state index contributed by atoms with van der Waals surface area (Å²) in [5.74, 6) is 0.549. The Morgan fingerprint density at radius 1 is 1.46 bits per heavy atom. The highest BCUT2D eigenvalue weighted by atomic mass is 35.5. The Labute approximate surface area is 83.9 Å². The molecule has 1 aromatic rings. The van der Waals surface area contributed by atoms with Crippen LogP contribution in [0.5, 0.6) is 0 Å². The standard InChI is InChI=1S/C11H14ClN/c1-8-6-7-11(8,13)9-4-2-3-5-10(9)12/h2-5,8H,6-7,13H2,1H3. The molecule has 1 aliphatic carbocycles. The summed E-state index contributed by atoms with van der Waals surface area (Å²) in [7, 11) is 0. The van der Waals surface area contributed by atoms with Crippen LogP contribution in [0.1, 0.15) is 25.3 Å². The van der Waals surface area contributed by atoms with Gasteiger partial charge in [-0.15, -0.1) is 0 Å². The summed E-state index contributed by atoms with van der Waals surface area (Å²) < 4.78 is 0. The Kier molecular flexibility index (Phi) is 2.09. The van der Waals surface area contributed by atoms with Crippen molar-refractivity contribution < 1.29 is 0 Å². The molecule has 0 amide bonds. The van der Waals surface area contributed by atoms with Crippen LogP contribution in [-0.2, 0) is 5.54 Å². The molecule has 1 aromatic carbocycles. The monoisotopic (exact) mass is 195 g/mol. The van der Waals surface area contributed by atoms with Crippen LogP contribution in [0.3, 0.4) is 0 Å². The topological polar surface area (TPSA) is 26.0 Å². The van der Waals surface area contributed by atoms with Gasteiger partial charge in [0.15, 0.2) is 0 Å². The normalized spacial score (nSPS) is 32.7. The maximum atomic E-state index is 6.28. The van der Waals surface area contributed by atoms with E-state index in [1.54, 1.807) is 0 Å². The Hall–Kier alpha value is -0.530. The molecule has 0 spiro atoms. The van der Waals surface area contributed by atoms with E-state index < -0.39 is 0 Å². The lowest BCUT2D eigenvalue weighted by atomic mass is 9.64. The number of benzene rings is 1. The van der Waals surface area contributed by atoms with E-state index in [9.17, 15) is 0 Å². The van der Waals surface area contributed by atoms with Gasteiger partial charge in [0.25, 0.3) is 0 Å². The minimum atomic E-state index is -0.168. The first-order chi connectivity index (χ1) is 6.14. The van der Waals surface area contributed by atoms with E-state index in [0.29, 0.717) is 5.92 Å². The second kappa shape index (κ2) is 3.00. The molecule has 0 radical (unpaired) electrons. The third-order valence-corrected chi connectivity index (χ3v) is 3.58. The van der Waals surface area contributed by atoms with E-state index in [-0.39, 0.29) is 5.54 Å². The molecular formula is C11H14ClN. The molecule has 0 heterocycles. The predicted molar refractivity (Wildman–Crippen MR) is 55.7 cm³/mol. The van der Waals surface area contributed by atoms with Gasteiger partial charge >= 0.3 is 0 Å².